The van der Waals surface area contributed by atoms with Crippen LogP contribution in [0.5, 0.6) is 0 Å². The number of nitrogens with one attached hydrogen (secondary N) is 1. The van der Waals surface area contributed by atoms with Crippen LogP contribution >= 0.6 is 0 Å². The highest BCUT2D eigenvalue weighted by atomic mass is 16.6. The van der Waals surface area contributed by atoms with Gasteiger partial charge in [0, 0.05) is 17.7 Å². The van der Waals surface area contributed by atoms with Crippen molar-refractivity contribution in [2.24, 2.45) is 0 Å². The van der Waals surface area contributed by atoms with Crippen LogP contribution < -0.4 is 5.32 Å². The predicted octanol–water partition coefficient (Wildman–Crippen LogP) is 0.923. The molecule has 20 heavy (non-hydrogen) atoms. The minimum absolute atomic E-state index is 0.182. The first-order valence-corrected chi connectivity index (χ1v) is 5.04. The number of hydrogen-bond donors (Lipinski definition) is 2. The number of nitro groups is 2. The summed E-state index contributed by atoms with van der Waals surface area (Å²) in [6.45, 7) is 0. The Morgan fingerprint density at radius 3 is 2.40 bits per heavy atom. The van der Waals surface area contributed by atoms with Crippen molar-refractivity contribution < 1.29 is 24.5 Å². The van der Waals surface area contributed by atoms with Crippen molar-refractivity contribution in [3.8, 4) is 0 Å². The summed E-state index contributed by atoms with van der Waals surface area (Å²) in [6.07, 6.45) is 0.536. The van der Waals surface area contributed by atoms with E-state index in [4.69, 9.17) is 5.11 Å². The van der Waals surface area contributed by atoms with Crippen molar-refractivity contribution in [2.45, 2.75) is 0 Å². The number of anilines is 1. The Bertz CT molecular complexity index is 707. The summed E-state index contributed by atoms with van der Waals surface area (Å²) in [7, 11) is 0. The number of rotatable bonds is 3. The number of nitrogens with zero attached hydrogens (tertiary/aromatic N) is 2. The molecule has 0 aromatic heterocycles. The maximum Gasteiger partial charge on any atom is 0.329 e. The molecule has 0 unspecified atom stereocenters. The lowest BCUT2D eigenvalue weighted by Crippen LogP contribution is -2.06. The zero-order valence-corrected chi connectivity index (χ0v) is 9.52. The average molecular weight is 279 g/mol. The SMILES string of the molecule is O=C(O)C=C1C(=O)Nc2c1cc([N+](=O)[O-])cc2[N+](=O)[O-]. The molecule has 0 saturated heterocycles. The zero-order valence-electron chi connectivity index (χ0n) is 9.52. The zero-order chi connectivity index (χ0) is 15.0. The maximum absolute atomic E-state index is 11.6. The third kappa shape index (κ3) is 2.05. The summed E-state index contributed by atoms with van der Waals surface area (Å²) >= 11 is 0. The summed E-state index contributed by atoms with van der Waals surface area (Å²) in [5.41, 5.74) is -2.09. The molecule has 1 aliphatic heterocycles. The number of nitro benzene ring substituents is 2. The highest BCUT2D eigenvalue weighted by Gasteiger charge is 2.34. The lowest BCUT2D eigenvalue weighted by molar-refractivity contribution is -0.393. The van der Waals surface area contributed by atoms with Crippen molar-refractivity contribution in [1.82, 2.24) is 0 Å². The molecule has 1 aromatic carbocycles. The van der Waals surface area contributed by atoms with E-state index in [0.29, 0.717) is 12.1 Å². The fourth-order valence-electron chi connectivity index (χ4n) is 1.78. The molecular formula is C10H5N3O7. The normalized spacial score (nSPS) is 14.8. The van der Waals surface area contributed by atoms with Crippen LogP contribution in [0.2, 0.25) is 0 Å². The molecule has 1 aromatic rings. The standard InChI is InChI=1S/C10H5N3O7/c14-8(15)3-6-5-1-4(12(17)18)2-7(13(19)20)9(5)11-10(6)16/h1-3H,(H,11,16)(H,14,15). The molecule has 102 valence electrons. The molecule has 1 amide bonds. The molecule has 0 spiro atoms. The predicted molar refractivity (Wildman–Crippen MR) is 64.0 cm³/mol. The first kappa shape index (κ1) is 13.1. The second-order valence-electron chi connectivity index (χ2n) is 3.75. The van der Waals surface area contributed by atoms with E-state index in [9.17, 15) is 29.8 Å². The molecule has 10 nitrogen and oxygen atoms in total. The van der Waals surface area contributed by atoms with Crippen molar-refractivity contribution in [1.29, 1.82) is 0 Å². The number of amides is 1. The average Bonchev–Trinajstić information content (AvgIpc) is 2.64. The molecule has 0 aliphatic carbocycles. The minimum atomic E-state index is -1.45. The molecule has 0 bridgehead atoms. The van der Waals surface area contributed by atoms with Crippen molar-refractivity contribution >= 4 is 34.5 Å². The monoisotopic (exact) mass is 279 g/mol. The van der Waals surface area contributed by atoms with Crippen LogP contribution in [0.3, 0.4) is 0 Å². The quantitative estimate of drug-likeness (QED) is 0.473. The van der Waals surface area contributed by atoms with Crippen LogP contribution in [0.1, 0.15) is 5.56 Å². The van der Waals surface area contributed by atoms with Crippen LogP contribution in [-0.4, -0.2) is 26.8 Å². The molecule has 2 rings (SSSR count). The second kappa shape index (κ2) is 4.42. The van der Waals surface area contributed by atoms with E-state index in [2.05, 4.69) is 5.32 Å². The largest absolute Gasteiger partial charge is 0.478 e. The summed E-state index contributed by atoms with van der Waals surface area (Å²) in [5, 5.41) is 32.4. The topological polar surface area (TPSA) is 153 Å². The smallest absolute Gasteiger partial charge is 0.329 e. The van der Waals surface area contributed by atoms with Gasteiger partial charge in [-0.15, -0.1) is 0 Å². The summed E-state index contributed by atoms with van der Waals surface area (Å²) in [4.78, 5) is 42.0. The van der Waals surface area contributed by atoms with Crippen LogP contribution in [0.25, 0.3) is 5.57 Å². The van der Waals surface area contributed by atoms with Crippen molar-refractivity contribution in [2.75, 3.05) is 5.32 Å². The Morgan fingerprint density at radius 2 is 1.90 bits per heavy atom. The van der Waals surface area contributed by atoms with Crippen LogP contribution in [0, 0.1) is 20.2 Å². The molecule has 0 radical (unpaired) electrons. The van der Waals surface area contributed by atoms with E-state index in [-0.39, 0.29) is 16.8 Å². The number of carboxylic acid groups (broad SMARTS) is 1. The van der Waals surface area contributed by atoms with Gasteiger partial charge >= 0.3 is 5.97 Å². The Hall–Kier alpha value is -3.30. The van der Waals surface area contributed by atoms with Gasteiger partial charge < -0.3 is 10.4 Å². The van der Waals surface area contributed by atoms with E-state index in [1.54, 1.807) is 0 Å². The molecule has 1 aliphatic rings. The van der Waals surface area contributed by atoms with E-state index in [0.717, 1.165) is 6.07 Å². The Balaban J connectivity index is 2.76. The van der Waals surface area contributed by atoms with Gasteiger partial charge in [-0.25, -0.2) is 4.79 Å². The number of fused-ring (bicyclic) bond motifs is 1. The van der Waals surface area contributed by atoms with Gasteiger partial charge in [0.15, 0.2) is 0 Å². The van der Waals surface area contributed by atoms with E-state index < -0.39 is 33.1 Å². The third-order valence-electron chi connectivity index (χ3n) is 2.55. The maximum atomic E-state index is 11.6. The van der Waals surface area contributed by atoms with Gasteiger partial charge in [0.2, 0.25) is 0 Å². The molecule has 1 heterocycles. The number of benzene rings is 1. The second-order valence-corrected chi connectivity index (χ2v) is 3.75. The Morgan fingerprint density at radius 1 is 1.25 bits per heavy atom. The number of non-ortho nitro benzene ring substituents is 1. The summed E-state index contributed by atoms with van der Waals surface area (Å²) < 4.78 is 0. The van der Waals surface area contributed by atoms with Crippen LogP contribution in [-0.2, 0) is 9.59 Å². The lowest BCUT2D eigenvalue weighted by atomic mass is 10.0. The van der Waals surface area contributed by atoms with Crippen LogP contribution in [0.15, 0.2) is 18.2 Å². The number of carbonyl (C=O) groups is 2. The van der Waals surface area contributed by atoms with Gasteiger partial charge in [0.25, 0.3) is 17.3 Å². The van der Waals surface area contributed by atoms with Gasteiger partial charge in [0.05, 0.1) is 21.5 Å². The highest BCUT2D eigenvalue weighted by molar-refractivity contribution is 6.34. The van der Waals surface area contributed by atoms with Crippen molar-refractivity contribution in [3.05, 3.63) is 44.0 Å². The molecule has 0 atom stereocenters. The summed E-state index contributed by atoms with van der Waals surface area (Å²) in [5.74, 6) is -2.32. The summed E-state index contributed by atoms with van der Waals surface area (Å²) in [6, 6.07) is 1.61. The van der Waals surface area contributed by atoms with E-state index in [1.807, 2.05) is 0 Å². The van der Waals surface area contributed by atoms with Gasteiger partial charge in [0.1, 0.15) is 5.69 Å². The van der Waals surface area contributed by atoms with Crippen LogP contribution in [0.4, 0.5) is 17.1 Å². The van der Waals surface area contributed by atoms with Gasteiger partial charge in [-0.2, -0.15) is 0 Å². The molecule has 0 saturated carbocycles. The third-order valence-corrected chi connectivity index (χ3v) is 2.55. The molecule has 0 fully saturated rings. The first-order chi connectivity index (χ1) is 9.31. The van der Waals surface area contributed by atoms with Gasteiger partial charge in [-0.3, -0.25) is 25.0 Å². The highest BCUT2D eigenvalue weighted by Crippen LogP contribution is 2.41. The Kier molecular flexibility index (Phi) is 2.90. The fraction of sp³-hybridized carbons (Fsp3) is 0. The molecule has 10 heteroatoms. The molecular weight excluding hydrogens is 274 g/mol. The number of carbonyl (C=O) groups excluding carboxylic acids is 1. The number of carboxylic acids is 1. The molecule has 2 N–H and O–H groups in total. The number of hydrogen-bond acceptors (Lipinski definition) is 6. The fourth-order valence-corrected chi connectivity index (χ4v) is 1.78. The minimum Gasteiger partial charge on any atom is -0.478 e. The van der Waals surface area contributed by atoms with Crippen molar-refractivity contribution in [3.63, 3.8) is 0 Å². The van der Waals surface area contributed by atoms with Gasteiger partial charge in [-0.05, 0) is 0 Å². The number of aliphatic carboxylic acids is 1. The van der Waals surface area contributed by atoms with E-state index >= 15 is 0 Å². The van der Waals surface area contributed by atoms with Gasteiger partial charge in [-0.1, -0.05) is 0 Å². The lowest BCUT2D eigenvalue weighted by Gasteiger charge is -2.00. The Labute approximate surface area is 109 Å². The van der Waals surface area contributed by atoms with E-state index in [1.165, 1.54) is 0 Å². The first-order valence-electron chi connectivity index (χ1n) is 5.04.